The Morgan fingerprint density at radius 1 is 1.31 bits per heavy atom. The Balaban J connectivity index is 0.000000352. The summed E-state index contributed by atoms with van der Waals surface area (Å²) in [4.78, 5) is 22.1. The number of methoxy groups -OCH3 is 1. The van der Waals surface area contributed by atoms with Crippen LogP contribution in [0.15, 0.2) is 30.9 Å². The average molecular weight is 386 g/mol. The maximum absolute atomic E-state index is 9.10. The van der Waals surface area contributed by atoms with Gasteiger partial charge in [0.15, 0.2) is 0 Å². The summed E-state index contributed by atoms with van der Waals surface area (Å²) < 4.78 is 18.8. The molecule has 140 valence electrons. The standard InChI is InChI=1S/C13H14ClN3O3.C2H2O4/c1-18-12-6-10(14)2-3-11(12)13(19-4-5-20-13)7-17-9-15-8-16-17;3-1(4)2(5)6/h2-3,6,8-9H,4-5,7H2,1H3;(H,3,4)(H,5,6). The third-order valence-corrected chi connectivity index (χ3v) is 3.58. The number of carboxylic acids is 2. The monoisotopic (exact) mass is 385 g/mol. The Kier molecular flexibility index (Phi) is 6.50. The lowest BCUT2D eigenvalue weighted by molar-refractivity contribution is -0.178. The predicted octanol–water partition coefficient (Wildman–Crippen LogP) is 0.995. The molecular weight excluding hydrogens is 370 g/mol. The zero-order chi connectivity index (χ0) is 19.2. The first kappa shape index (κ1) is 19.6. The lowest BCUT2D eigenvalue weighted by atomic mass is 10.0. The first-order valence-electron chi connectivity index (χ1n) is 7.28. The van der Waals surface area contributed by atoms with E-state index in [4.69, 9.17) is 45.6 Å². The highest BCUT2D eigenvalue weighted by Crippen LogP contribution is 2.39. The number of carbonyl (C=O) groups is 2. The van der Waals surface area contributed by atoms with E-state index in [0.29, 0.717) is 30.5 Å². The fourth-order valence-electron chi connectivity index (χ4n) is 2.29. The minimum Gasteiger partial charge on any atom is -0.496 e. The number of benzene rings is 1. The van der Waals surface area contributed by atoms with Gasteiger partial charge in [-0.15, -0.1) is 0 Å². The minimum absolute atomic E-state index is 0.394. The first-order valence-corrected chi connectivity index (χ1v) is 7.66. The molecule has 0 amide bonds. The van der Waals surface area contributed by atoms with Gasteiger partial charge in [0.25, 0.3) is 0 Å². The Morgan fingerprint density at radius 2 is 1.96 bits per heavy atom. The van der Waals surface area contributed by atoms with Crippen LogP contribution in [0.4, 0.5) is 0 Å². The maximum atomic E-state index is 9.10. The molecule has 1 aliphatic rings. The van der Waals surface area contributed by atoms with E-state index in [-0.39, 0.29) is 0 Å². The van der Waals surface area contributed by atoms with Gasteiger partial charge < -0.3 is 24.4 Å². The molecule has 0 atom stereocenters. The molecule has 3 rings (SSSR count). The van der Waals surface area contributed by atoms with Gasteiger partial charge >= 0.3 is 11.9 Å². The summed E-state index contributed by atoms with van der Waals surface area (Å²) in [5, 5.41) is 19.5. The van der Waals surface area contributed by atoms with Crippen molar-refractivity contribution in [1.29, 1.82) is 0 Å². The molecular formula is C15H16ClN3O7. The van der Waals surface area contributed by atoms with Gasteiger partial charge in [0, 0.05) is 5.02 Å². The number of aliphatic carboxylic acids is 2. The number of rotatable bonds is 4. The van der Waals surface area contributed by atoms with Gasteiger partial charge in [0.05, 0.1) is 25.9 Å². The van der Waals surface area contributed by atoms with Gasteiger partial charge in [0.2, 0.25) is 5.79 Å². The molecule has 2 aromatic rings. The molecule has 11 heteroatoms. The van der Waals surface area contributed by atoms with E-state index in [0.717, 1.165) is 5.56 Å². The van der Waals surface area contributed by atoms with E-state index in [1.165, 1.54) is 6.33 Å². The molecule has 10 nitrogen and oxygen atoms in total. The van der Waals surface area contributed by atoms with Crippen molar-refractivity contribution in [3.8, 4) is 5.75 Å². The lowest BCUT2D eigenvalue weighted by Crippen LogP contribution is -2.33. The van der Waals surface area contributed by atoms with Crippen LogP contribution >= 0.6 is 11.6 Å². The highest BCUT2D eigenvalue weighted by Gasteiger charge is 2.41. The van der Waals surface area contributed by atoms with Crippen LogP contribution in [0.5, 0.6) is 5.75 Å². The van der Waals surface area contributed by atoms with Crippen molar-refractivity contribution in [1.82, 2.24) is 14.8 Å². The van der Waals surface area contributed by atoms with Crippen LogP contribution in [0.1, 0.15) is 5.56 Å². The highest BCUT2D eigenvalue weighted by molar-refractivity contribution is 6.30. The number of hydrogen-bond acceptors (Lipinski definition) is 7. The number of nitrogens with zero attached hydrogens (tertiary/aromatic N) is 3. The SMILES string of the molecule is COc1cc(Cl)ccc1C1(Cn2cncn2)OCCO1.O=C(O)C(=O)O. The van der Waals surface area contributed by atoms with Crippen molar-refractivity contribution in [2.75, 3.05) is 20.3 Å². The molecule has 26 heavy (non-hydrogen) atoms. The quantitative estimate of drug-likeness (QED) is 0.739. The first-order chi connectivity index (χ1) is 12.4. The molecule has 2 heterocycles. The summed E-state index contributed by atoms with van der Waals surface area (Å²) in [5.74, 6) is -3.95. The van der Waals surface area contributed by atoms with Crippen molar-refractivity contribution in [2.24, 2.45) is 0 Å². The second-order valence-electron chi connectivity index (χ2n) is 5.00. The zero-order valence-corrected chi connectivity index (χ0v) is 14.4. The summed E-state index contributed by atoms with van der Waals surface area (Å²) in [6.45, 7) is 1.42. The van der Waals surface area contributed by atoms with Crippen LogP contribution < -0.4 is 4.74 Å². The summed E-state index contributed by atoms with van der Waals surface area (Å²) in [6.07, 6.45) is 3.09. The van der Waals surface area contributed by atoms with Crippen LogP contribution in [0, 0.1) is 0 Å². The van der Waals surface area contributed by atoms with E-state index in [1.807, 2.05) is 6.07 Å². The number of carboxylic acid groups (broad SMARTS) is 2. The lowest BCUT2D eigenvalue weighted by Gasteiger charge is -2.29. The topological polar surface area (TPSA) is 133 Å². The van der Waals surface area contributed by atoms with Crippen LogP contribution in [0.25, 0.3) is 0 Å². The normalized spacial score (nSPS) is 15.0. The van der Waals surface area contributed by atoms with Gasteiger partial charge in [-0.05, 0) is 18.2 Å². The van der Waals surface area contributed by atoms with Crippen molar-refractivity contribution in [3.05, 3.63) is 41.4 Å². The van der Waals surface area contributed by atoms with Crippen molar-refractivity contribution in [2.45, 2.75) is 12.3 Å². The molecule has 0 unspecified atom stereocenters. The molecule has 0 saturated carbocycles. The van der Waals surface area contributed by atoms with E-state index in [9.17, 15) is 0 Å². The van der Waals surface area contributed by atoms with Crippen LogP contribution in [-0.4, -0.2) is 57.2 Å². The van der Waals surface area contributed by atoms with Crippen molar-refractivity contribution < 1.29 is 34.0 Å². The minimum atomic E-state index is -1.82. The molecule has 2 N–H and O–H groups in total. The zero-order valence-electron chi connectivity index (χ0n) is 13.7. The number of ether oxygens (including phenoxy) is 3. The van der Waals surface area contributed by atoms with Crippen molar-refractivity contribution >= 4 is 23.5 Å². The molecule has 0 aliphatic carbocycles. The Morgan fingerprint density at radius 3 is 2.46 bits per heavy atom. The largest absolute Gasteiger partial charge is 0.496 e. The number of halogens is 1. The summed E-state index contributed by atoms with van der Waals surface area (Å²) >= 11 is 6.00. The van der Waals surface area contributed by atoms with Gasteiger partial charge in [-0.2, -0.15) is 5.10 Å². The van der Waals surface area contributed by atoms with Crippen LogP contribution in [0.2, 0.25) is 5.02 Å². The van der Waals surface area contributed by atoms with Gasteiger partial charge in [-0.1, -0.05) is 11.6 Å². The Hall–Kier alpha value is -2.69. The summed E-state index contributed by atoms with van der Waals surface area (Å²) in [5.41, 5.74) is 0.789. The smallest absolute Gasteiger partial charge is 0.414 e. The van der Waals surface area contributed by atoms with E-state index in [2.05, 4.69) is 10.1 Å². The second kappa shape index (κ2) is 8.61. The predicted molar refractivity (Wildman–Crippen MR) is 86.9 cm³/mol. The molecule has 0 radical (unpaired) electrons. The third-order valence-electron chi connectivity index (χ3n) is 3.35. The van der Waals surface area contributed by atoms with Crippen LogP contribution in [0.3, 0.4) is 0 Å². The molecule has 0 spiro atoms. The summed E-state index contributed by atoms with van der Waals surface area (Å²) in [6, 6.07) is 5.38. The second-order valence-corrected chi connectivity index (χ2v) is 5.43. The summed E-state index contributed by atoms with van der Waals surface area (Å²) in [7, 11) is 1.59. The highest BCUT2D eigenvalue weighted by atomic mass is 35.5. The number of aromatic nitrogens is 3. The van der Waals surface area contributed by atoms with Crippen LogP contribution in [-0.2, 0) is 31.4 Å². The molecule has 1 saturated heterocycles. The van der Waals surface area contributed by atoms with E-state index >= 15 is 0 Å². The fraction of sp³-hybridized carbons (Fsp3) is 0.333. The fourth-order valence-corrected chi connectivity index (χ4v) is 2.46. The number of hydrogen-bond donors (Lipinski definition) is 2. The average Bonchev–Trinajstić information content (AvgIpc) is 3.28. The molecule has 1 aromatic heterocycles. The molecule has 1 aliphatic heterocycles. The van der Waals surface area contributed by atoms with Gasteiger partial charge in [0.1, 0.15) is 24.9 Å². The third kappa shape index (κ3) is 4.69. The Labute approximate surface area is 152 Å². The van der Waals surface area contributed by atoms with Gasteiger partial charge in [-0.3, -0.25) is 0 Å². The van der Waals surface area contributed by atoms with Crippen molar-refractivity contribution in [3.63, 3.8) is 0 Å². The van der Waals surface area contributed by atoms with Gasteiger partial charge in [-0.25, -0.2) is 19.3 Å². The van der Waals surface area contributed by atoms with E-state index in [1.54, 1.807) is 30.3 Å². The molecule has 1 fully saturated rings. The molecule has 1 aromatic carbocycles. The maximum Gasteiger partial charge on any atom is 0.414 e. The Bertz CT molecular complexity index is 749. The molecule has 0 bridgehead atoms. The van der Waals surface area contributed by atoms with E-state index < -0.39 is 17.7 Å².